The van der Waals surface area contributed by atoms with E-state index < -0.39 is 28.5 Å². The van der Waals surface area contributed by atoms with Crippen LogP contribution in [0, 0.1) is 15.9 Å². The van der Waals surface area contributed by atoms with Crippen LogP contribution in [0.2, 0.25) is 0 Å². The molecular weight excluding hydrogens is 513 g/mol. The van der Waals surface area contributed by atoms with E-state index in [1.54, 1.807) is 33.8 Å². The van der Waals surface area contributed by atoms with Crippen LogP contribution in [-0.2, 0) is 4.74 Å². The number of alkyl carbamates (subject to hydrolysis) is 1. The molecular formula is C22H23BrFN5O5. The average molecular weight is 536 g/mol. The Morgan fingerprint density at radius 2 is 2.00 bits per heavy atom. The molecule has 1 aromatic heterocycles. The molecule has 0 radical (unpaired) electrons. The normalized spacial score (nSPS) is 12.2. The molecule has 3 aromatic rings. The number of carbonyl (C=O) groups excluding carboxylic acids is 1. The lowest BCUT2D eigenvalue weighted by Gasteiger charge is -2.22. The highest BCUT2D eigenvalue weighted by Crippen LogP contribution is 2.35. The number of nitrogens with zero attached hydrogens (tertiary/aromatic N) is 3. The molecule has 1 amide bonds. The van der Waals surface area contributed by atoms with Crippen LogP contribution >= 0.6 is 15.9 Å². The first kappa shape index (κ1) is 25.1. The monoisotopic (exact) mass is 535 g/mol. The number of anilines is 2. The number of fused-ring (bicyclic) bond motifs is 1. The number of nitrogens with one attached hydrogen (secondary N) is 2. The summed E-state index contributed by atoms with van der Waals surface area (Å²) in [6.45, 7) is 6.84. The lowest BCUT2D eigenvalue weighted by molar-refractivity contribution is -0.385. The molecule has 0 bridgehead atoms. The second-order valence-corrected chi connectivity index (χ2v) is 9.34. The van der Waals surface area contributed by atoms with Gasteiger partial charge in [-0.05, 0) is 45.9 Å². The Morgan fingerprint density at radius 3 is 2.65 bits per heavy atom. The molecule has 34 heavy (non-hydrogen) atoms. The number of halogens is 2. The summed E-state index contributed by atoms with van der Waals surface area (Å²) in [6.07, 6.45) is 0.629. The summed E-state index contributed by atoms with van der Waals surface area (Å²) >= 11 is 3.19. The van der Waals surface area contributed by atoms with Gasteiger partial charge in [0.15, 0.2) is 5.75 Å². The highest BCUT2D eigenvalue weighted by Gasteiger charge is 2.22. The van der Waals surface area contributed by atoms with E-state index >= 15 is 0 Å². The Balaban J connectivity index is 1.84. The average Bonchev–Trinajstić information content (AvgIpc) is 2.72. The topological polar surface area (TPSA) is 129 Å². The molecule has 0 saturated carbocycles. The molecule has 1 heterocycles. The summed E-state index contributed by atoms with van der Waals surface area (Å²) < 4.78 is 25.6. The van der Waals surface area contributed by atoms with Crippen LogP contribution in [0.4, 0.5) is 26.4 Å². The number of amides is 1. The highest BCUT2D eigenvalue weighted by atomic mass is 79.9. The van der Waals surface area contributed by atoms with E-state index in [0.29, 0.717) is 15.4 Å². The summed E-state index contributed by atoms with van der Waals surface area (Å²) in [5.41, 5.74) is -0.491. The summed E-state index contributed by atoms with van der Waals surface area (Å²) in [4.78, 5) is 31.3. The summed E-state index contributed by atoms with van der Waals surface area (Å²) in [5.74, 6) is -0.363. The molecule has 0 spiro atoms. The van der Waals surface area contributed by atoms with E-state index in [1.165, 1.54) is 30.6 Å². The summed E-state index contributed by atoms with van der Waals surface area (Å²) in [5, 5.41) is 17.5. The van der Waals surface area contributed by atoms with Crippen LogP contribution in [-0.4, -0.2) is 39.2 Å². The number of hydrogen-bond donors (Lipinski definition) is 2. The van der Waals surface area contributed by atoms with E-state index in [1.807, 2.05) is 0 Å². The molecule has 2 aromatic carbocycles. The first-order valence-corrected chi connectivity index (χ1v) is 11.0. The molecule has 0 aliphatic heterocycles. The predicted molar refractivity (Wildman–Crippen MR) is 128 cm³/mol. The number of nitro groups is 1. The van der Waals surface area contributed by atoms with Gasteiger partial charge >= 0.3 is 11.8 Å². The van der Waals surface area contributed by atoms with Crippen LogP contribution < -0.4 is 15.4 Å². The van der Waals surface area contributed by atoms with Gasteiger partial charge in [0.1, 0.15) is 30.2 Å². The number of hydrogen-bond acceptors (Lipinski definition) is 8. The van der Waals surface area contributed by atoms with Crippen LogP contribution in [0.15, 0.2) is 41.1 Å². The van der Waals surface area contributed by atoms with Crippen LogP contribution in [0.1, 0.15) is 27.7 Å². The van der Waals surface area contributed by atoms with Crippen molar-refractivity contribution in [3.63, 3.8) is 0 Å². The molecule has 2 N–H and O–H groups in total. The third kappa shape index (κ3) is 6.50. The van der Waals surface area contributed by atoms with Crippen LogP contribution in [0.25, 0.3) is 10.9 Å². The Kier molecular flexibility index (Phi) is 7.50. The number of benzene rings is 2. The molecule has 0 fully saturated rings. The minimum atomic E-state index is -0.660. The Morgan fingerprint density at radius 1 is 1.26 bits per heavy atom. The fourth-order valence-electron chi connectivity index (χ4n) is 2.91. The van der Waals surface area contributed by atoms with E-state index in [-0.39, 0.29) is 29.5 Å². The van der Waals surface area contributed by atoms with Gasteiger partial charge in [-0.2, -0.15) is 0 Å². The van der Waals surface area contributed by atoms with Gasteiger partial charge < -0.3 is 20.1 Å². The van der Waals surface area contributed by atoms with Gasteiger partial charge in [-0.3, -0.25) is 10.1 Å². The van der Waals surface area contributed by atoms with E-state index in [0.717, 1.165) is 0 Å². The SMILES string of the molecule is CC(COc1cc2ncnc(Nc3ccc(Br)cc3F)c2cc1[N+](=O)[O-])NC(=O)OC(C)(C)C. The van der Waals surface area contributed by atoms with Crippen molar-refractivity contribution in [1.82, 2.24) is 15.3 Å². The molecule has 1 atom stereocenters. The molecule has 0 saturated heterocycles. The van der Waals surface area contributed by atoms with Gasteiger partial charge in [-0.1, -0.05) is 15.9 Å². The third-order valence-electron chi connectivity index (χ3n) is 4.35. The van der Waals surface area contributed by atoms with Crippen molar-refractivity contribution in [2.24, 2.45) is 0 Å². The van der Waals surface area contributed by atoms with Crippen molar-refractivity contribution >= 4 is 50.1 Å². The lowest BCUT2D eigenvalue weighted by Crippen LogP contribution is -2.40. The van der Waals surface area contributed by atoms with Gasteiger partial charge in [0.05, 0.1) is 27.6 Å². The van der Waals surface area contributed by atoms with Crippen LogP contribution in [0.3, 0.4) is 0 Å². The maximum Gasteiger partial charge on any atom is 0.407 e. The number of ether oxygens (including phenoxy) is 2. The molecule has 10 nitrogen and oxygen atoms in total. The molecule has 180 valence electrons. The number of rotatable bonds is 7. The molecule has 12 heteroatoms. The summed E-state index contributed by atoms with van der Waals surface area (Å²) in [7, 11) is 0. The Bertz CT molecular complexity index is 1230. The van der Waals surface area contributed by atoms with Crippen molar-refractivity contribution in [1.29, 1.82) is 0 Å². The largest absolute Gasteiger partial charge is 0.485 e. The predicted octanol–water partition coefficient (Wildman–Crippen LogP) is 5.48. The standard InChI is InChI=1S/C22H23BrFN5O5/c1-12(27-21(30)34-22(2,3)4)10-33-19-9-17-14(8-18(19)29(31)32)20(26-11-25-17)28-16-6-5-13(23)7-15(16)24/h5-9,11-12H,10H2,1-4H3,(H,27,30)(H,25,26,28). The van der Waals surface area contributed by atoms with Crippen molar-refractivity contribution in [2.45, 2.75) is 39.3 Å². The zero-order valence-corrected chi connectivity index (χ0v) is 20.5. The van der Waals surface area contributed by atoms with Crippen molar-refractivity contribution in [3.05, 3.63) is 57.1 Å². The summed E-state index contributed by atoms with van der Waals surface area (Å²) in [6, 6.07) is 6.61. The van der Waals surface area contributed by atoms with Crippen LogP contribution in [0.5, 0.6) is 5.75 Å². The first-order chi connectivity index (χ1) is 15.9. The second kappa shape index (κ2) is 10.2. The minimum absolute atomic E-state index is 0.0326. The van der Waals surface area contributed by atoms with Crippen molar-refractivity contribution in [3.8, 4) is 5.75 Å². The fourth-order valence-corrected chi connectivity index (χ4v) is 3.25. The van der Waals surface area contributed by atoms with E-state index in [9.17, 15) is 19.3 Å². The van der Waals surface area contributed by atoms with Gasteiger partial charge in [0, 0.05) is 16.6 Å². The lowest BCUT2D eigenvalue weighted by atomic mass is 10.2. The molecule has 1 unspecified atom stereocenters. The van der Waals surface area contributed by atoms with Gasteiger partial charge in [-0.25, -0.2) is 19.2 Å². The zero-order valence-electron chi connectivity index (χ0n) is 18.9. The number of nitro benzene ring substituents is 1. The van der Waals surface area contributed by atoms with Gasteiger partial charge in [0.25, 0.3) is 0 Å². The second-order valence-electron chi connectivity index (χ2n) is 8.42. The Hall–Kier alpha value is -3.54. The van der Waals surface area contributed by atoms with E-state index in [2.05, 4.69) is 36.5 Å². The van der Waals surface area contributed by atoms with Crippen molar-refractivity contribution in [2.75, 3.05) is 11.9 Å². The number of aromatic nitrogens is 2. The first-order valence-electron chi connectivity index (χ1n) is 10.2. The maximum absolute atomic E-state index is 14.3. The fraction of sp³-hybridized carbons (Fsp3) is 0.318. The Labute approximate surface area is 203 Å². The quantitative estimate of drug-likeness (QED) is 0.300. The van der Waals surface area contributed by atoms with Gasteiger partial charge in [0.2, 0.25) is 0 Å². The molecule has 0 aliphatic carbocycles. The van der Waals surface area contributed by atoms with E-state index in [4.69, 9.17) is 9.47 Å². The highest BCUT2D eigenvalue weighted by molar-refractivity contribution is 9.10. The van der Waals surface area contributed by atoms with Crippen molar-refractivity contribution < 1.29 is 23.6 Å². The smallest absolute Gasteiger partial charge is 0.407 e. The molecule has 0 aliphatic rings. The van der Waals surface area contributed by atoms with Gasteiger partial charge in [-0.15, -0.1) is 0 Å². The minimum Gasteiger partial charge on any atom is -0.485 e. The maximum atomic E-state index is 14.3. The third-order valence-corrected chi connectivity index (χ3v) is 4.84. The number of carbonyl (C=O) groups is 1. The zero-order chi connectivity index (χ0) is 25.0. The molecule has 3 rings (SSSR count).